The van der Waals surface area contributed by atoms with Crippen LogP contribution in [0.1, 0.15) is 42.1 Å². The van der Waals surface area contributed by atoms with Crippen LogP contribution < -0.4 is 10.2 Å². The second-order valence-electron chi connectivity index (χ2n) is 6.80. The molecule has 2 aromatic carbocycles. The summed E-state index contributed by atoms with van der Waals surface area (Å²) >= 11 is 0. The van der Waals surface area contributed by atoms with Crippen molar-refractivity contribution in [3.05, 3.63) is 63.7 Å². The van der Waals surface area contributed by atoms with Gasteiger partial charge >= 0.3 is 0 Å². The number of rotatable bonds is 4. The molecule has 2 aromatic rings. The lowest BCUT2D eigenvalue weighted by Gasteiger charge is -2.35. The van der Waals surface area contributed by atoms with Crippen molar-refractivity contribution in [3.63, 3.8) is 0 Å². The third-order valence-electron chi connectivity index (χ3n) is 4.93. The van der Waals surface area contributed by atoms with E-state index in [1.54, 1.807) is 19.1 Å². The van der Waals surface area contributed by atoms with Crippen molar-refractivity contribution in [3.8, 4) is 0 Å². The number of piperidine rings is 1. The number of amides is 1. The average molecular weight is 353 g/mol. The monoisotopic (exact) mass is 353 g/mol. The largest absolute Gasteiger partial charge is 0.369 e. The summed E-state index contributed by atoms with van der Waals surface area (Å²) in [7, 11) is 0. The van der Waals surface area contributed by atoms with Gasteiger partial charge in [-0.15, -0.1) is 0 Å². The number of anilines is 2. The average Bonchev–Trinajstić information content (AvgIpc) is 2.63. The zero-order valence-corrected chi connectivity index (χ0v) is 15.1. The highest BCUT2D eigenvalue weighted by Gasteiger charge is 2.19. The molecular weight excluding hydrogens is 330 g/mol. The van der Waals surface area contributed by atoms with Crippen LogP contribution in [-0.4, -0.2) is 23.4 Å². The minimum Gasteiger partial charge on any atom is -0.369 e. The Bertz CT molecular complexity index is 818. The molecule has 0 bridgehead atoms. The second kappa shape index (κ2) is 7.56. The molecule has 6 nitrogen and oxygen atoms in total. The summed E-state index contributed by atoms with van der Waals surface area (Å²) in [6.07, 6.45) is 3.67. The molecule has 0 spiro atoms. The van der Waals surface area contributed by atoms with Crippen LogP contribution in [0.4, 0.5) is 17.1 Å². The Morgan fingerprint density at radius 3 is 2.58 bits per heavy atom. The fourth-order valence-electron chi connectivity index (χ4n) is 3.37. The van der Waals surface area contributed by atoms with E-state index in [9.17, 15) is 14.9 Å². The van der Waals surface area contributed by atoms with E-state index in [1.807, 2.05) is 24.3 Å². The molecule has 1 aliphatic rings. The predicted molar refractivity (Wildman–Crippen MR) is 103 cm³/mol. The van der Waals surface area contributed by atoms with E-state index in [2.05, 4.69) is 17.1 Å². The van der Waals surface area contributed by atoms with Crippen molar-refractivity contribution < 1.29 is 9.72 Å². The number of carbonyl (C=O) groups excluding carboxylic acids is 1. The quantitative estimate of drug-likeness (QED) is 0.647. The molecule has 0 aromatic heterocycles. The smallest absolute Gasteiger partial charge is 0.273 e. The van der Waals surface area contributed by atoms with Crippen LogP contribution in [-0.2, 0) is 0 Å². The molecule has 1 atom stereocenters. The minimum atomic E-state index is -0.472. The summed E-state index contributed by atoms with van der Waals surface area (Å²) in [6.45, 7) is 4.94. The molecule has 6 heteroatoms. The number of nitrogens with one attached hydrogen (secondary N) is 1. The van der Waals surface area contributed by atoms with Crippen LogP contribution in [0.5, 0.6) is 0 Å². The maximum absolute atomic E-state index is 12.4. The lowest BCUT2D eigenvalue weighted by Crippen LogP contribution is -2.37. The van der Waals surface area contributed by atoms with Gasteiger partial charge in [0, 0.05) is 41.2 Å². The predicted octanol–water partition coefficient (Wildman–Crippen LogP) is 4.53. The van der Waals surface area contributed by atoms with E-state index >= 15 is 0 Å². The number of nitrogens with zero attached hydrogens (tertiary/aromatic N) is 2. The molecule has 3 rings (SSSR count). The first-order chi connectivity index (χ1) is 12.5. The van der Waals surface area contributed by atoms with Crippen LogP contribution >= 0.6 is 0 Å². The van der Waals surface area contributed by atoms with Gasteiger partial charge in [-0.25, -0.2) is 0 Å². The molecule has 0 aliphatic carbocycles. The van der Waals surface area contributed by atoms with Crippen molar-refractivity contribution >= 4 is 23.0 Å². The van der Waals surface area contributed by atoms with Gasteiger partial charge in [0.15, 0.2) is 0 Å². The number of benzene rings is 2. The first-order valence-electron chi connectivity index (χ1n) is 8.89. The second-order valence-corrected chi connectivity index (χ2v) is 6.80. The molecule has 1 heterocycles. The number of hydrogen-bond donors (Lipinski definition) is 1. The van der Waals surface area contributed by atoms with Crippen molar-refractivity contribution in [1.29, 1.82) is 0 Å². The van der Waals surface area contributed by atoms with Gasteiger partial charge in [-0.05, 0) is 63.4 Å². The SMILES string of the molecule is Cc1ccc(C(=O)Nc2ccc(N3CCCCC3C)cc2)cc1[N+](=O)[O-]. The maximum atomic E-state index is 12.4. The standard InChI is InChI=1S/C20H23N3O3/c1-14-6-7-16(13-19(14)23(25)26)20(24)21-17-8-10-18(11-9-17)22-12-4-3-5-15(22)2/h6-11,13,15H,3-5,12H2,1-2H3,(H,21,24). The Balaban J connectivity index is 1.72. The third kappa shape index (κ3) is 3.85. The number of aryl methyl sites for hydroxylation is 1. The number of nitro groups is 1. The van der Waals surface area contributed by atoms with E-state index in [-0.39, 0.29) is 17.2 Å². The van der Waals surface area contributed by atoms with E-state index in [0.29, 0.717) is 17.3 Å². The summed E-state index contributed by atoms with van der Waals surface area (Å²) in [5.74, 6) is -0.354. The van der Waals surface area contributed by atoms with Crippen LogP contribution in [0.2, 0.25) is 0 Å². The number of nitro benzene ring substituents is 1. The Morgan fingerprint density at radius 1 is 1.19 bits per heavy atom. The molecule has 1 aliphatic heterocycles. The van der Waals surface area contributed by atoms with Gasteiger partial charge in [0.1, 0.15) is 0 Å². The van der Waals surface area contributed by atoms with Gasteiger partial charge in [-0.1, -0.05) is 6.07 Å². The van der Waals surface area contributed by atoms with Crippen molar-refractivity contribution in [2.24, 2.45) is 0 Å². The molecule has 1 unspecified atom stereocenters. The molecule has 0 radical (unpaired) electrons. The molecule has 1 saturated heterocycles. The van der Waals surface area contributed by atoms with Gasteiger partial charge in [-0.3, -0.25) is 14.9 Å². The Hall–Kier alpha value is -2.89. The molecule has 1 N–H and O–H groups in total. The zero-order chi connectivity index (χ0) is 18.7. The van der Waals surface area contributed by atoms with Gasteiger partial charge in [-0.2, -0.15) is 0 Å². The van der Waals surface area contributed by atoms with Crippen molar-refractivity contribution in [2.75, 3.05) is 16.8 Å². The Labute approximate surface area is 153 Å². The summed E-state index contributed by atoms with van der Waals surface area (Å²) in [5, 5.41) is 13.8. The Morgan fingerprint density at radius 2 is 1.92 bits per heavy atom. The first kappa shape index (κ1) is 17.9. The molecule has 26 heavy (non-hydrogen) atoms. The minimum absolute atomic E-state index is 0.0490. The number of hydrogen-bond acceptors (Lipinski definition) is 4. The molecule has 0 saturated carbocycles. The highest BCUT2D eigenvalue weighted by Crippen LogP contribution is 2.26. The van der Waals surface area contributed by atoms with E-state index in [0.717, 1.165) is 12.2 Å². The first-order valence-corrected chi connectivity index (χ1v) is 8.89. The van der Waals surface area contributed by atoms with E-state index < -0.39 is 4.92 Å². The van der Waals surface area contributed by atoms with Gasteiger partial charge in [0.25, 0.3) is 11.6 Å². The third-order valence-corrected chi connectivity index (χ3v) is 4.93. The van der Waals surface area contributed by atoms with Gasteiger partial charge in [0.05, 0.1) is 4.92 Å². The Kier molecular flexibility index (Phi) is 5.21. The highest BCUT2D eigenvalue weighted by molar-refractivity contribution is 6.04. The summed E-state index contributed by atoms with van der Waals surface area (Å²) in [5.41, 5.74) is 2.59. The van der Waals surface area contributed by atoms with E-state index in [4.69, 9.17) is 0 Å². The molecule has 1 amide bonds. The summed E-state index contributed by atoms with van der Waals surface area (Å²) < 4.78 is 0. The maximum Gasteiger partial charge on any atom is 0.273 e. The van der Waals surface area contributed by atoms with Crippen molar-refractivity contribution in [2.45, 2.75) is 39.2 Å². The zero-order valence-electron chi connectivity index (χ0n) is 15.1. The summed E-state index contributed by atoms with van der Waals surface area (Å²) in [6, 6.07) is 12.8. The van der Waals surface area contributed by atoms with Gasteiger partial charge < -0.3 is 10.2 Å². The molecule has 136 valence electrons. The van der Waals surface area contributed by atoms with Crippen LogP contribution in [0, 0.1) is 17.0 Å². The highest BCUT2D eigenvalue weighted by atomic mass is 16.6. The van der Waals surface area contributed by atoms with Crippen LogP contribution in [0.15, 0.2) is 42.5 Å². The normalized spacial score (nSPS) is 17.0. The molecular formula is C20H23N3O3. The van der Waals surface area contributed by atoms with Crippen LogP contribution in [0.25, 0.3) is 0 Å². The fourth-order valence-corrected chi connectivity index (χ4v) is 3.37. The lowest BCUT2D eigenvalue weighted by atomic mass is 10.0. The van der Waals surface area contributed by atoms with Gasteiger partial charge in [0.2, 0.25) is 0 Å². The topological polar surface area (TPSA) is 75.5 Å². The summed E-state index contributed by atoms with van der Waals surface area (Å²) in [4.78, 5) is 25.3. The van der Waals surface area contributed by atoms with E-state index in [1.165, 1.54) is 25.3 Å². The number of carbonyl (C=O) groups is 1. The lowest BCUT2D eigenvalue weighted by molar-refractivity contribution is -0.385. The molecule has 1 fully saturated rings. The fraction of sp³-hybridized carbons (Fsp3) is 0.350. The van der Waals surface area contributed by atoms with Crippen molar-refractivity contribution in [1.82, 2.24) is 0 Å². The van der Waals surface area contributed by atoms with Crippen LogP contribution in [0.3, 0.4) is 0 Å².